The Morgan fingerprint density at radius 3 is 2.47 bits per heavy atom. The van der Waals surface area contributed by atoms with Gasteiger partial charge in [-0.15, -0.1) is 0 Å². The van der Waals surface area contributed by atoms with E-state index in [4.69, 9.17) is 4.74 Å². The van der Waals surface area contributed by atoms with Crippen LogP contribution in [0, 0.1) is 12.8 Å². The highest BCUT2D eigenvalue weighted by atomic mass is 16.5. The molecule has 0 spiro atoms. The number of hydrogen-bond donors (Lipinski definition) is 1. The number of ether oxygens (including phenoxy) is 1. The first-order chi connectivity index (χ1) is 17.5. The quantitative estimate of drug-likeness (QED) is 0.477. The van der Waals surface area contributed by atoms with E-state index in [1.807, 2.05) is 53.4 Å². The molecule has 1 aliphatic heterocycles. The number of ketones is 1. The molecule has 3 aromatic carbocycles. The number of carbonyl (C=O) groups excluding carboxylic acids is 2. The molecule has 5 nitrogen and oxygen atoms in total. The Labute approximate surface area is 211 Å². The number of allylic oxidation sites excluding steroid dienone is 1. The molecule has 3 aliphatic rings. The Hall–Kier alpha value is -3.86. The molecule has 1 fully saturated rings. The van der Waals surface area contributed by atoms with Gasteiger partial charge in [0.25, 0.3) is 0 Å². The van der Waals surface area contributed by atoms with Crippen LogP contribution in [-0.2, 0) is 9.59 Å². The first-order valence-electron chi connectivity index (χ1n) is 12.7. The fourth-order valence-corrected chi connectivity index (χ4v) is 5.56. The van der Waals surface area contributed by atoms with Gasteiger partial charge in [-0.25, -0.2) is 0 Å². The zero-order valence-electron chi connectivity index (χ0n) is 20.7. The van der Waals surface area contributed by atoms with Crippen molar-refractivity contribution in [2.75, 3.05) is 17.3 Å². The second-order valence-electron chi connectivity index (χ2n) is 10.1. The topological polar surface area (TPSA) is 58.6 Å². The highest BCUT2D eigenvalue weighted by Gasteiger charge is 2.45. The van der Waals surface area contributed by atoms with E-state index >= 15 is 0 Å². The summed E-state index contributed by atoms with van der Waals surface area (Å²) in [6, 6.07) is 23.7. The molecule has 182 valence electrons. The van der Waals surface area contributed by atoms with Gasteiger partial charge in [0.05, 0.1) is 24.5 Å². The standard InChI is InChI=1S/C31H30N2O3/c1-19-10-12-20(13-11-19)23-17-26-29(28(34)18-23)30(22-6-5-7-24(16-22)36-2)33(31(35)21-14-15-21)27-9-4-3-8-25(27)32-26/h3-13,16,21,23,30,32H,14-15,17-18H2,1-2H3/t23-,30+/m1/s1. The van der Waals surface area contributed by atoms with Crippen molar-refractivity contribution in [2.24, 2.45) is 5.92 Å². The molecule has 2 aliphatic carbocycles. The molecule has 2 atom stereocenters. The van der Waals surface area contributed by atoms with Gasteiger partial charge in [0.15, 0.2) is 5.78 Å². The molecule has 1 N–H and O–H groups in total. The molecule has 5 heteroatoms. The average molecular weight is 479 g/mol. The molecule has 0 aromatic heterocycles. The van der Waals surface area contributed by atoms with Crippen molar-refractivity contribution in [2.45, 2.75) is 44.6 Å². The number of nitrogens with zero attached hydrogens (tertiary/aromatic N) is 1. The molecular formula is C31H30N2O3. The Balaban J connectivity index is 1.54. The normalized spacial score (nSPS) is 21.3. The summed E-state index contributed by atoms with van der Waals surface area (Å²) >= 11 is 0. The summed E-state index contributed by atoms with van der Waals surface area (Å²) in [7, 11) is 1.64. The van der Waals surface area contributed by atoms with E-state index in [1.165, 1.54) is 11.1 Å². The largest absolute Gasteiger partial charge is 0.497 e. The number of hydrogen-bond acceptors (Lipinski definition) is 4. The van der Waals surface area contributed by atoms with Crippen molar-refractivity contribution >= 4 is 23.1 Å². The fourth-order valence-electron chi connectivity index (χ4n) is 5.56. The predicted molar refractivity (Wildman–Crippen MR) is 141 cm³/mol. The molecular weight excluding hydrogens is 448 g/mol. The second-order valence-corrected chi connectivity index (χ2v) is 10.1. The van der Waals surface area contributed by atoms with Gasteiger partial charge in [0.2, 0.25) is 5.91 Å². The van der Waals surface area contributed by atoms with Crippen LogP contribution in [0.25, 0.3) is 0 Å². The van der Waals surface area contributed by atoms with Crippen molar-refractivity contribution in [3.63, 3.8) is 0 Å². The highest BCUT2D eigenvalue weighted by Crippen LogP contribution is 2.49. The second kappa shape index (κ2) is 8.98. The number of Topliss-reactive ketones (excluding diaryl/α,β-unsaturated/α-hetero) is 1. The summed E-state index contributed by atoms with van der Waals surface area (Å²) in [5.41, 5.74) is 6.54. The number of amides is 1. The van der Waals surface area contributed by atoms with Crippen LogP contribution in [0.3, 0.4) is 0 Å². The van der Waals surface area contributed by atoms with E-state index in [1.54, 1.807) is 7.11 Å². The van der Waals surface area contributed by atoms with Crippen molar-refractivity contribution in [1.29, 1.82) is 0 Å². The van der Waals surface area contributed by atoms with Crippen LogP contribution >= 0.6 is 0 Å². The average Bonchev–Trinajstić information content (AvgIpc) is 3.75. The summed E-state index contributed by atoms with van der Waals surface area (Å²) in [6.07, 6.45) is 2.92. The van der Waals surface area contributed by atoms with Crippen LogP contribution in [0.4, 0.5) is 11.4 Å². The number of carbonyl (C=O) groups is 2. The predicted octanol–water partition coefficient (Wildman–Crippen LogP) is 6.31. The van der Waals surface area contributed by atoms with Gasteiger partial charge in [0.1, 0.15) is 5.75 Å². The molecule has 0 bridgehead atoms. The maximum Gasteiger partial charge on any atom is 0.231 e. The lowest BCUT2D eigenvalue weighted by molar-refractivity contribution is -0.120. The van der Waals surface area contributed by atoms with Crippen LogP contribution in [0.5, 0.6) is 5.75 Å². The zero-order valence-corrected chi connectivity index (χ0v) is 20.7. The summed E-state index contributed by atoms with van der Waals surface area (Å²) in [4.78, 5) is 29.7. The summed E-state index contributed by atoms with van der Waals surface area (Å²) in [5, 5.41) is 3.61. The molecule has 6 rings (SSSR count). The fraction of sp³-hybridized carbons (Fsp3) is 0.290. The Kier molecular flexibility index (Phi) is 5.63. The van der Waals surface area contributed by atoms with E-state index in [0.29, 0.717) is 24.2 Å². The van der Waals surface area contributed by atoms with Crippen LogP contribution in [0.15, 0.2) is 84.1 Å². The molecule has 0 radical (unpaired) electrons. The van der Waals surface area contributed by atoms with Gasteiger partial charge in [-0.2, -0.15) is 0 Å². The number of para-hydroxylation sites is 2. The number of benzene rings is 3. The SMILES string of the molecule is COc1cccc([C@H]2C3=C(C[C@@H](c4ccc(C)cc4)CC3=O)Nc3ccccc3N2C(=O)C2CC2)c1. The number of fused-ring (bicyclic) bond motifs is 1. The summed E-state index contributed by atoms with van der Waals surface area (Å²) < 4.78 is 5.53. The molecule has 3 aromatic rings. The van der Waals surface area contributed by atoms with Gasteiger partial charge in [-0.05, 0) is 67.5 Å². The number of nitrogens with one attached hydrogen (secondary N) is 1. The van der Waals surface area contributed by atoms with Crippen LogP contribution in [0.2, 0.25) is 0 Å². The molecule has 1 saturated carbocycles. The third-order valence-electron chi connectivity index (χ3n) is 7.61. The van der Waals surface area contributed by atoms with E-state index in [0.717, 1.165) is 35.5 Å². The summed E-state index contributed by atoms with van der Waals surface area (Å²) in [6.45, 7) is 2.07. The van der Waals surface area contributed by atoms with Gasteiger partial charge >= 0.3 is 0 Å². The van der Waals surface area contributed by atoms with Crippen LogP contribution in [-0.4, -0.2) is 18.8 Å². The molecule has 36 heavy (non-hydrogen) atoms. The van der Waals surface area contributed by atoms with Crippen molar-refractivity contribution < 1.29 is 14.3 Å². The van der Waals surface area contributed by atoms with Gasteiger partial charge < -0.3 is 10.1 Å². The minimum atomic E-state index is -0.509. The monoisotopic (exact) mass is 478 g/mol. The maximum absolute atomic E-state index is 14.0. The number of methoxy groups -OCH3 is 1. The zero-order chi connectivity index (χ0) is 24.8. The van der Waals surface area contributed by atoms with Gasteiger partial charge in [0, 0.05) is 23.6 Å². The minimum absolute atomic E-state index is 0.00677. The number of rotatable bonds is 4. The first kappa shape index (κ1) is 22.6. The molecule has 0 unspecified atom stereocenters. The van der Waals surface area contributed by atoms with Gasteiger partial charge in [-0.3, -0.25) is 14.5 Å². The lowest BCUT2D eigenvalue weighted by Gasteiger charge is -2.35. The van der Waals surface area contributed by atoms with E-state index in [9.17, 15) is 9.59 Å². The Bertz CT molecular complexity index is 1370. The molecule has 1 heterocycles. The Morgan fingerprint density at radius 1 is 0.944 bits per heavy atom. The lowest BCUT2D eigenvalue weighted by atomic mass is 9.78. The number of anilines is 2. The van der Waals surface area contributed by atoms with Crippen LogP contribution < -0.4 is 15.0 Å². The third kappa shape index (κ3) is 3.98. The molecule has 1 amide bonds. The van der Waals surface area contributed by atoms with Crippen LogP contribution in [0.1, 0.15) is 54.3 Å². The van der Waals surface area contributed by atoms with Crippen molar-refractivity contribution in [1.82, 2.24) is 0 Å². The van der Waals surface area contributed by atoms with E-state index in [-0.39, 0.29) is 23.5 Å². The third-order valence-corrected chi connectivity index (χ3v) is 7.61. The lowest BCUT2D eigenvalue weighted by Crippen LogP contribution is -2.39. The van der Waals surface area contributed by atoms with E-state index < -0.39 is 6.04 Å². The Morgan fingerprint density at radius 2 is 1.72 bits per heavy atom. The highest BCUT2D eigenvalue weighted by molar-refractivity contribution is 6.07. The van der Waals surface area contributed by atoms with E-state index in [2.05, 4.69) is 36.5 Å². The number of aryl methyl sites for hydroxylation is 1. The molecule has 0 saturated heterocycles. The smallest absolute Gasteiger partial charge is 0.231 e. The van der Waals surface area contributed by atoms with Crippen molar-refractivity contribution in [3.8, 4) is 5.75 Å². The van der Waals surface area contributed by atoms with Crippen molar-refractivity contribution in [3.05, 3.63) is 101 Å². The minimum Gasteiger partial charge on any atom is -0.497 e. The van der Waals surface area contributed by atoms with Gasteiger partial charge in [-0.1, -0.05) is 54.1 Å². The first-order valence-corrected chi connectivity index (χ1v) is 12.7. The maximum atomic E-state index is 14.0. The summed E-state index contributed by atoms with van der Waals surface area (Å²) in [5.74, 6) is 0.975.